The van der Waals surface area contributed by atoms with E-state index in [0.29, 0.717) is 19.3 Å². The van der Waals surface area contributed by atoms with Crippen LogP contribution in [0.2, 0.25) is 0 Å². The first-order valence-electron chi connectivity index (χ1n) is 23.3. The topological polar surface area (TPSA) is 78.9 Å². The number of hydrogen-bond donors (Lipinski definition) is 0. The Balaban J connectivity index is 4.32. The van der Waals surface area contributed by atoms with Crippen LogP contribution in [0.25, 0.3) is 0 Å². The number of unbranched alkanes of at least 4 members (excludes halogenated alkanes) is 25. The van der Waals surface area contributed by atoms with Crippen LogP contribution in [-0.2, 0) is 28.6 Å². The molecule has 0 bridgehead atoms. The Morgan fingerprint density at radius 2 is 0.717 bits per heavy atom. The van der Waals surface area contributed by atoms with Gasteiger partial charge in [0.25, 0.3) is 0 Å². The third-order valence-electron chi connectivity index (χ3n) is 10.8. The van der Waals surface area contributed by atoms with Gasteiger partial charge in [-0.25, -0.2) is 0 Å². The van der Waals surface area contributed by atoms with Crippen molar-refractivity contribution in [3.8, 4) is 0 Å². The first-order chi connectivity index (χ1) is 25.8. The quantitative estimate of drug-likeness (QED) is 0.0352. The largest absolute Gasteiger partial charge is 0.462 e. The van der Waals surface area contributed by atoms with Crippen LogP contribution in [0.1, 0.15) is 253 Å². The van der Waals surface area contributed by atoms with Gasteiger partial charge in [-0.05, 0) is 31.1 Å². The molecule has 2 atom stereocenters. The van der Waals surface area contributed by atoms with Crippen molar-refractivity contribution >= 4 is 17.9 Å². The molecule has 0 N–H and O–H groups in total. The van der Waals surface area contributed by atoms with E-state index in [1.54, 1.807) is 0 Å². The van der Waals surface area contributed by atoms with Gasteiger partial charge in [0.2, 0.25) is 0 Å². The number of carbonyl (C=O) groups excluding carboxylic acids is 3. The SMILES string of the molecule is CCCCCCCCCCCCCC(=O)OC[C@H](COC(=O)CCCCCCCCCCCCC(C)CC)OC(=O)CCCCCCCCCC(C)C. The summed E-state index contributed by atoms with van der Waals surface area (Å²) in [5, 5.41) is 0. The Morgan fingerprint density at radius 3 is 1.08 bits per heavy atom. The normalized spacial score (nSPS) is 12.6. The number of ether oxygens (including phenoxy) is 3. The van der Waals surface area contributed by atoms with Gasteiger partial charge < -0.3 is 14.2 Å². The van der Waals surface area contributed by atoms with Crippen LogP contribution in [0.4, 0.5) is 0 Å². The van der Waals surface area contributed by atoms with Crippen LogP contribution in [0, 0.1) is 11.8 Å². The lowest BCUT2D eigenvalue weighted by molar-refractivity contribution is -0.167. The third-order valence-corrected chi connectivity index (χ3v) is 10.8. The molecule has 53 heavy (non-hydrogen) atoms. The summed E-state index contributed by atoms with van der Waals surface area (Å²) in [5.41, 5.74) is 0. The second-order valence-electron chi connectivity index (χ2n) is 16.8. The molecule has 0 radical (unpaired) electrons. The lowest BCUT2D eigenvalue weighted by atomic mass is 9.99. The molecule has 314 valence electrons. The van der Waals surface area contributed by atoms with Gasteiger partial charge in [0, 0.05) is 19.3 Å². The maximum atomic E-state index is 12.7. The highest BCUT2D eigenvalue weighted by Crippen LogP contribution is 2.17. The second-order valence-corrected chi connectivity index (χ2v) is 16.8. The summed E-state index contributed by atoms with van der Waals surface area (Å²) in [5.74, 6) is 0.788. The minimum Gasteiger partial charge on any atom is -0.462 e. The molecule has 0 aliphatic rings. The van der Waals surface area contributed by atoms with E-state index in [4.69, 9.17) is 14.2 Å². The Morgan fingerprint density at radius 1 is 0.396 bits per heavy atom. The molecule has 0 saturated heterocycles. The molecule has 0 amide bonds. The van der Waals surface area contributed by atoms with Gasteiger partial charge in [-0.2, -0.15) is 0 Å². The molecule has 0 aliphatic heterocycles. The second kappa shape index (κ2) is 40.1. The van der Waals surface area contributed by atoms with Crippen LogP contribution >= 0.6 is 0 Å². The summed E-state index contributed by atoms with van der Waals surface area (Å²) in [7, 11) is 0. The van der Waals surface area contributed by atoms with Crippen LogP contribution in [0.3, 0.4) is 0 Å². The predicted octanol–water partition coefficient (Wildman–Crippen LogP) is 14.6. The van der Waals surface area contributed by atoms with Crippen molar-refractivity contribution < 1.29 is 28.6 Å². The average molecular weight is 751 g/mol. The van der Waals surface area contributed by atoms with Gasteiger partial charge in [-0.15, -0.1) is 0 Å². The molecule has 0 rings (SSSR count). The molecule has 0 aromatic heterocycles. The fourth-order valence-corrected chi connectivity index (χ4v) is 6.90. The summed E-state index contributed by atoms with van der Waals surface area (Å²) >= 11 is 0. The van der Waals surface area contributed by atoms with Gasteiger partial charge in [0.05, 0.1) is 0 Å². The molecule has 0 heterocycles. The molecule has 0 aromatic carbocycles. The van der Waals surface area contributed by atoms with Crippen molar-refractivity contribution in [2.75, 3.05) is 13.2 Å². The van der Waals surface area contributed by atoms with Crippen molar-refractivity contribution in [3.63, 3.8) is 0 Å². The van der Waals surface area contributed by atoms with E-state index < -0.39 is 6.10 Å². The minimum absolute atomic E-state index is 0.0654. The highest BCUT2D eigenvalue weighted by Gasteiger charge is 2.19. The van der Waals surface area contributed by atoms with E-state index in [0.717, 1.165) is 69.6 Å². The van der Waals surface area contributed by atoms with Crippen molar-refractivity contribution in [1.29, 1.82) is 0 Å². The first-order valence-corrected chi connectivity index (χ1v) is 23.3. The molecule has 0 saturated carbocycles. The van der Waals surface area contributed by atoms with Gasteiger partial charge >= 0.3 is 17.9 Å². The zero-order valence-electron chi connectivity index (χ0n) is 36.1. The summed E-state index contributed by atoms with van der Waals surface area (Å²) in [6.45, 7) is 11.3. The van der Waals surface area contributed by atoms with Crippen molar-refractivity contribution in [1.82, 2.24) is 0 Å². The Kier molecular flexibility index (Phi) is 38.9. The highest BCUT2D eigenvalue weighted by molar-refractivity contribution is 5.71. The molecular formula is C47H90O6. The number of esters is 3. The monoisotopic (exact) mass is 751 g/mol. The zero-order chi connectivity index (χ0) is 39.0. The molecule has 0 fully saturated rings. The van der Waals surface area contributed by atoms with E-state index in [-0.39, 0.29) is 31.1 Å². The summed E-state index contributed by atoms with van der Waals surface area (Å²) in [4.78, 5) is 37.7. The first kappa shape index (κ1) is 51.4. The van der Waals surface area contributed by atoms with Crippen LogP contribution < -0.4 is 0 Å². The minimum atomic E-state index is -0.760. The Labute approximate surface area is 329 Å². The maximum Gasteiger partial charge on any atom is 0.306 e. The van der Waals surface area contributed by atoms with Gasteiger partial charge in [-0.1, -0.05) is 214 Å². The van der Waals surface area contributed by atoms with Crippen molar-refractivity contribution in [2.45, 2.75) is 259 Å². The Hall–Kier alpha value is -1.59. The standard InChI is InChI=1S/C47H90O6/c1-6-8-9-10-11-12-13-17-22-27-32-37-45(48)51-40-44(53-47(50)39-34-29-24-19-20-25-30-35-42(3)4)41-52-46(49)38-33-28-23-18-15-14-16-21-26-31-36-43(5)7-2/h42-44H,6-41H2,1-5H3/t43?,44-/m1/s1. The fraction of sp³-hybridized carbons (Fsp3) is 0.936. The lowest BCUT2D eigenvalue weighted by Crippen LogP contribution is -2.30. The Bertz CT molecular complexity index is 811. The zero-order valence-corrected chi connectivity index (χ0v) is 36.1. The molecule has 0 aromatic rings. The highest BCUT2D eigenvalue weighted by atomic mass is 16.6. The summed E-state index contributed by atoms with van der Waals surface area (Å²) in [6, 6.07) is 0. The lowest BCUT2D eigenvalue weighted by Gasteiger charge is -2.18. The number of hydrogen-bond acceptors (Lipinski definition) is 6. The molecule has 6 heteroatoms. The molecule has 1 unspecified atom stereocenters. The average Bonchev–Trinajstić information content (AvgIpc) is 3.14. The van der Waals surface area contributed by atoms with E-state index in [1.807, 2.05) is 0 Å². The summed E-state index contributed by atoms with van der Waals surface area (Å²) in [6.07, 6.45) is 38.0. The maximum absolute atomic E-state index is 12.7. The van der Waals surface area contributed by atoms with Crippen LogP contribution in [-0.4, -0.2) is 37.2 Å². The van der Waals surface area contributed by atoms with E-state index >= 15 is 0 Å². The molecule has 6 nitrogen and oxygen atoms in total. The van der Waals surface area contributed by atoms with E-state index in [1.165, 1.54) is 141 Å². The van der Waals surface area contributed by atoms with Gasteiger partial charge in [-0.3, -0.25) is 14.4 Å². The number of rotatable bonds is 41. The van der Waals surface area contributed by atoms with Crippen LogP contribution in [0.15, 0.2) is 0 Å². The smallest absolute Gasteiger partial charge is 0.306 e. The number of carbonyl (C=O) groups is 3. The fourth-order valence-electron chi connectivity index (χ4n) is 6.90. The van der Waals surface area contributed by atoms with E-state index in [9.17, 15) is 14.4 Å². The van der Waals surface area contributed by atoms with Crippen molar-refractivity contribution in [3.05, 3.63) is 0 Å². The van der Waals surface area contributed by atoms with Crippen molar-refractivity contribution in [2.24, 2.45) is 11.8 Å². The molecule has 0 spiro atoms. The predicted molar refractivity (Wildman–Crippen MR) is 224 cm³/mol. The van der Waals surface area contributed by atoms with Gasteiger partial charge in [0.1, 0.15) is 13.2 Å². The molecular weight excluding hydrogens is 661 g/mol. The summed E-state index contributed by atoms with van der Waals surface area (Å²) < 4.78 is 16.7. The van der Waals surface area contributed by atoms with Gasteiger partial charge in [0.15, 0.2) is 6.10 Å². The molecule has 0 aliphatic carbocycles. The van der Waals surface area contributed by atoms with E-state index in [2.05, 4.69) is 34.6 Å². The third kappa shape index (κ3) is 39.9. The van der Waals surface area contributed by atoms with Crippen LogP contribution in [0.5, 0.6) is 0 Å².